The lowest BCUT2D eigenvalue weighted by Crippen LogP contribution is -2.09. The van der Waals surface area contributed by atoms with E-state index < -0.39 is 0 Å². The standard InChI is InChI=1S/C12H12N2O2/c1-16-8-9-2-4-10(5-3-9)11-12(15)14-7-6-13-11/h2-7H,8H2,1H3,(H,14,15). The molecular weight excluding hydrogens is 204 g/mol. The highest BCUT2D eigenvalue weighted by Crippen LogP contribution is 2.13. The summed E-state index contributed by atoms with van der Waals surface area (Å²) in [7, 11) is 1.65. The van der Waals surface area contributed by atoms with Crippen LogP contribution in [-0.4, -0.2) is 17.1 Å². The number of methoxy groups -OCH3 is 1. The molecule has 0 aliphatic carbocycles. The van der Waals surface area contributed by atoms with Gasteiger partial charge in [-0.25, -0.2) is 4.98 Å². The van der Waals surface area contributed by atoms with E-state index in [9.17, 15) is 4.79 Å². The molecule has 0 saturated carbocycles. The second-order valence-electron chi connectivity index (χ2n) is 3.40. The molecule has 0 atom stereocenters. The van der Waals surface area contributed by atoms with Crippen LogP contribution in [0.4, 0.5) is 0 Å². The van der Waals surface area contributed by atoms with Crippen LogP contribution in [0, 0.1) is 0 Å². The second-order valence-corrected chi connectivity index (χ2v) is 3.40. The van der Waals surface area contributed by atoms with Crippen LogP contribution in [0.2, 0.25) is 0 Å². The zero-order chi connectivity index (χ0) is 11.4. The van der Waals surface area contributed by atoms with Gasteiger partial charge in [0.05, 0.1) is 6.61 Å². The van der Waals surface area contributed by atoms with Gasteiger partial charge in [0.25, 0.3) is 5.56 Å². The number of hydrogen-bond acceptors (Lipinski definition) is 3. The van der Waals surface area contributed by atoms with Crippen LogP contribution in [0.5, 0.6) is 0 Å². The van der Waals surface area contributed by atoms with E-state index >= 15 is 0 Å². The zero-order valence-electron chi connectivity index (χ0n) is 8.93. The molecule has 4 heteroatoms. The van der Waals surface area contributed by atoms with E-state index in [-0.39, 0.29) is 5.56 Å². The number of benzene rings is 1. The van der Waals surface area contributed by atoms with Crippen LogP contribution in [0.25, 0.3) is 11.3 Å². The summed E-state index contributed by atoms with van der Waals surface area (Å²) in [5, 5.41) is 0. The Hall–Kier alpha value is -1.94. The molecular formula is C12H12N2O2. The zero-order valence-corrected chi connectivity index (χ0v) is 8.93. The third-order valence-corrected chi connectivity index (χ3v) is 2.25. The van der Waals surface area contributed by atoms with Crippen molar-refractivity contribution < 1.29 is 4.74 Å². The molecule has 4 nitrogen and oxygen atoms in total. The van der Waals surface area contributed by atoms with Gasteiger partial charge in [-0.05, 0) is 5.56 Å². The van der Waals surface area contributed by atoms with Crippen LogP contribution in [0.3, 0.4) is 0 Å². The molecule has 0 saturated heterocycles. The molecule has 1 aromatic heterocycles. The first-order valence-corrected chi connectivity index (χ1v) is 4.93. The third kappa shape index (κ3) is 2.17. The summed E-state index contributed by atoms with van der Waals surface area (Å²) in [5.41, 5.74) is 2.13. The second kappa shape index (κ2) is 4.72. The summed E-state index contributed by atoms with van der Waals surface area (Å²) in [6.07, 6.45) is 3.09. The number of aromatic nitrogens is 2. The van der Waals surface area contributed by atoms with Crippen LogP contribution < -0.4 is 5.56 Å². The van der Waals surface area contributed by atoms with Gasteiger partial charge in [0, 0.05) is 25.1 Å². The number of hydrogen-bond donors (Lipinski definition) is 1. The summed E-state index contributed by atoms with van der Waals surface area (Å²) in [5.74, 6) is 0. The number of nitrogens with zero attached hydrogens (tertiary/aromatic N) is 1. The van der Waals surface area contributed by atoms with Gasteiger partial charge in [-0.2, -0.15) is 0 Å². The molecule has 0 bridgehead atoms. The van der Waals surface area contributed by atoms with E-state index in [1.807, 2.05) is 24.3 Å². The quantitative estimate of drug-likeness (QED) is 0.847. The van der Waals surface area contributed by atoms with Gasteiger partial charge in [0.2, 0.25) is 0 Å². The molecule has 0 amide bonds. The monoisotopic (exact) mass is 216 g/mol. The van der Waals surface area contributed by atoms with Crippen LogP contribution in [-0.2, 0) is 11.3 Å². The Bertz CT molecular complexity index is 517. The molecule has 16 heavy (non-hydrogen) atoms. The van der Waals surface area contributed by atoms with Crippen molar-refractivity contribution in [3.05, 3.63) is 52.6 Å². The largest absolute Gasteiger partial charge is 0.380 e. The fourth-order valence-corrected chi connectivity index (χ4v) is 1.48. The maximum atomic E-state index is 11.5. The minimum absolute atomic E-state index is 0.179. The minimum atomic E-state index is -0.179. The van der Waals surface area contributed by atoms with Crippen LogP contribution in [0.1, 0.15) is 5.56 Å². The van der Waals surface area contributed by atoms with Crippen molar-refractivity contribution in [1.82, 2.24) is 9.97 Å². The van der Waals surface area contributed by atoms with Crippen molar-refractivity contribution in [2.75, 3.05) is 7.11 Å². The topological polar surface area (TPSA) is 55.0 Å². The molecule has 0 aliphatic heterocycles. The molecule has 2 rings (SSSR count). The third-order valence-electron chi connectivity index (χ3n) is 2.25. The van der Waals surface area contributed by atoms with Crippen LogP contribution >= 0.6 is 0 Å². The summed E-state index contributed by atoms with van der Waals surface area (Å²) in [6, 6.07) is 7.58. The summed E-state index contributed by atoms with van der Waals surface area (Å²) < 4.78 is 5.01. The Kier molecular flexibility index (Phi) is 3.12. The Morgan fingerprint density at radius 2 is 2.06 bits per heavy atom. The Balaban J connectivity index is 2.35. The molecule has 1 aromatic carbocycles. The molecule has 1 heterocycles. The van der Waals surface area contributed by atoms with Crippen molar-refractivity contribution in [3.8, 4) is 11.3 Å². The highest BCUT2D eigenvalue weighted by atomic mass is 16.5. The van der Waals surface area contributed by atoms with Gasteiger partial charge in [-0.3, -0.25) is 4.79 Å². The number of H-pyrrole nitrogens is 1. The van der Waals surface area contributed by atoms with E-state index in [0.29, 0.717) is 12.3 Å². The normalized spacial score (nSPS) is 10.3. The highest BCUT2D eigenvalue weighted by Gasteiger charge is 2.03. The molecule has 1 N–H and O–H groups in total. The summed E-state index contributed by atoms with van der Waals surface area (Å²) in [4.78, 5) is 18.1. The first-order valence-electron chi connectivity index (χ1n) is 4.93. The Labute approximate surface area is 92.9 Å². The molecule has 0 radical (unpaired) electrons. The SMILES string of the molecule is COCc1ccc(-c2ncc[nH]c2=O)cc1. The predicted octanol–water partition coefficient (Wildman–Crippen LogP) is 1.58. The number of rotatable bonds is 3. The Morgan fingerprint density at radius 1 is 1.31 bits per heavy atom. The maximum absolute atomic E-state index is 11.5. The molecule has 0 unspecified atom stereocenters. The van der Waals surface area contributed by atoms with Gasteiger partial charge in [-0.15, -0.1) is 0 Å². The fourth-order valence-electron chi connectivity index (χ4n) is 1.48. The van der Waals surface area contributed by atoms with Gasteiger partial charge in [0.1, 0.15) is 5.69 Å². The molecule has 0 fully saturated rings. The first kappa shape index (κ1) is 10.6. The predicted molar refractivity (Wildman–Crippen MR) is 61.0 cm³/mol. The van der Waals surface area contributed by atoms with Crippen molar-refractivity contribution in [2.24, 2.45) is 0 Å². The minimum Gasteiger partial charge on any atom is -0.380 e. The van der Waals surface area contributed by atoms with E-state index in [4.69, 9.17) is 4.74 Å². The fraction of sp³-hybridized carbons (Fsp3) is 0.167. The first-order chi connectivity index (χ1) is 7.81. The lowest BCUT2D eigenvalue weighted by Gasteiger charge is -2.02. The van der Waals surface area contributed by atoms with Gasteiger partial charge in [-0.1, -0.05) is 24.3 Å². The molecule has 0 spiro atoms. The van der Waals surface area contributed by atoms with Crippen molar-refractivity contribution in [2.45, 2.75) is 6.61 Å². The maximum Gasteiger partial charge on any atom is 0.274 e. The average molecular weight is 216 g/mol. The van der Waals surface area contributed by atoms with Gasteiger partial charge >= 0.3 is 0 Å². The lowest BCUT2D eigenvalue weighted by molar-refractivity contribution is 0.185. The molecule has 0 aliphatic rings. The summed E-state index contributed by atoms with van der Waals surface area (Å²) in [6.45, 7) is 0.568. The van der Waals surface area contributed by atoms with Crippen molar-refractivity contribution >= 4 is 0 Å². The van der Waals surface area contributed by atoms with E-state index in [2.05, 4.69) is 9.97 Å². The van der Waals surface area contributed by atoms with E-state index in [1.165, 1.54) is 6.20 Å². The van der Waals surface area contributed by atoms with Crippen LogP contribution in [0.15, 0.2) is 41.5 Å². The van der Waals surface area contributed by atoms with Crippen molar-refractivity contribution in [3.63, 3.8) is 0 Å². The number of nitrogens with one attached hydrogen (secondary N) is 1. The summed E-state index contributed by atoms with van der Waals surface area (Å²) >= 11 is 0. The van der Waals surface area contributed by atoms with E-state index in [0.717, 1.165) is 11.1 Å². The van der Waals surface area contributed by atoms with Crippen molar-refractivity contribution in [1.29, 1.82) is 0 Å². The van der Waals surface area contributed by atoms with E-state index in [1.54, 1.807) is 13.3 Å². The lowest BCUT2D eigenvalue weighted by atomic mass is 10.1. The van der Waals surface area contributed by atoms with Gasteiger partial charge < -0.3 is 9.72 Å². The average Bonchev–Trinajstić information content (AvgIpc) is 2.31. The van der Waals surface area contributed by atoms with Gasteiger partial charge in [0.15, 0.2) is 0 Å². The Morgan fingerprint density at radius 3 is 2.69 bits per heavy atom. The molecule has 82 valence electrons. The number of aromatic amines is 1. The number of ether oxygens (including phenoxy) is 1. The highest BCUT2D eigenvalue weighted by molar-refractivity contribution is 5.57. The smallest absolute Gasteiger partial charge is 0.274 e. The molecule has 2 aromatic rings.